The van der Waals surface area contributed by atoms with Crippen LogP contribution < -0.4 is 10.6 Å². The van der Waals surface area contributed by atoms with Gasteiger partial charge in [-0.2, -0.15) is 5.10 Å². The van der Waals surface area contributed by atoms with Crippen molar-refractivity contribution < 1.29 is 9.90 Å². The standard InChI is InChI=1S/C11H18N4O2/c16-10(8-15-5-1-4-13-15)7-12-6-9-2-3-11(17)14-9/h1,4-5,9-10,12,16H,2-3,6-8H2,(H,14,17). The zero-order valence-corrected chi connectivity index (χ0v) is 9.67. The number of aliphatic hydroxyl groups is 1. The molecule has 0 saturated carbocycles. The van der Waals surface area contributed by atoms with Crippen LogP contribution in [-0.4, -0.2) is 46.0 Å². The van der Waals surface area contributed by atoms with Crippen molar-refractivity contribution in [3.63, 3.8) is 0 Å². The van der Waals surface area contributed by atoms with Crippen molar-refractivity contribution in [1.29, 1.82) is 0 Å². The van der Waals surface area contributed by atoms with E-state index in [1.807, 2.05) is 12.3 Å². The lowest BCUT2D eigenvalue weighted by atomic mass is 10.2. The molecule has 1 aliphatic rings. The van der Waals surface area contributed by atoms with E-state index in [4.69, 9.17) is 0 Å². The summed E-state index contributed by atoms with van der Waals surface area (Å²) >= 11 is 0. The predicted octanol–water partition coefficient (Wildman–Crippen LogP) is -0.888. The Morgan fingerprint density at radius 2 is 2.59 bits per heavy atom. The average molecular weight is 238 g/mol. The van der Waals surface area contributed by atoms with Gasteiger partial charge in [0.05, 0.1) is 12.6 Å². The summed E-state index contributed by atoms with van der Waals surface area (Å²) in [5.74, 6) is 0.119. The molecule has 94 valence electrons. The van der Waals surface area contributed by atoms with E-state index < -0.39 is 6.10 Å². The number of carbonyl (C=O) groups excluding carboxylic acids is 1. The summed E-state index contributed by atoms with van der Waals surface area (Å²) in [5, 5.41) is 19.8. The molecule has 1 fully saturated rings. The number of carbonyl (C=O) groups is 1. The number of rotatable bonds is 6. The minimum Gasteiger partial charge on any atom is -0.390 e. The first-order valence-corrected chi connectivity index (χ1v) is 5.89. The van der Waals surface area contributed by atoms with Gasteiger partial charge in [-0.1, -0.05) is 0 Å². The summed E-state index contributed by atoms with van der Waals surface area (Å²) in [7, 11) is 0. The van der Waals surface area contributed by atoms with Crippen LogP contribution in [0.3, 0.4) is 0 Å². The first-order chi connectivity index (χ1) is 8.24. The number of hydrogen-bond donors (Lipinski definition) is 3. The number of hydrogen-bond acceptors (Lipinski definition) is 4. The van der Waals surface area contributed by atoms with Gasteiger partial charge < -0.3 is 15.7 Å². The molecule has 0 spiro atoms. The summed E-state index contributed by atoms with van der Waals surface area (Å²) in [6.07, 6.45) is 4.53. The molecule has 3 N–H and O–H groups in total. The molecule has 0 aliphatic carbocycles. The van der Waals surface area contributed by atoms with Crippen molar-refractivity contribution in [3.8, 4) is 0 Å². The molecule has 17 heavy (non-hydrogen) atoms. The summed E-state index contributed by atoms with van der Waals surface area (Å²) < 4.78 is 1.70. The van der Waals surface area contributed by atoms with Crippen molar-refractivity contribution in [2.24, 2.45) is 0 Å². The van der Waals surface area contributed by atoms with Crippen LogP contribution >= 0.6 is 0 Å². The third-order valence-corrected chi connectivity index (χ3v) is 2.81. The second-order valence-corrected chi connectivity index (χ2v) is 4.34. The second kappa shape index (κ2) is 5.79. The molecular formula is C11H18N4O2. The van der Waals surface area contributed by atoms with Crippen molar-refractivity contribution >= 4 is 5.91 Å². The fraction of sp³-hybridized carbons (Fsp3) is 0.636. The van der Waals surface area contributed by atoms with Gasteiger partial charge in [-0.3, -0.25) is 9.48 Å². The lowest BCUT2D eigenvalue weighted by Gasteiger charge is -2.14. The highest BCUT2D eigenvalue weighted by Gasteiger charge is 2.20. The fourth-order valence-corrected chi connectivity index (χ4v) is 1.94. The molecule has 6 heteroatoms. The first kappa shape index (κ1) is 12.1. The van der Waals surface area contributed by atoms with Crippen LogP contribution in [0.15, 0.2) is 18.5 Å². The van der Waals surface area contributed by atoms with Crippen LogP contribution in [0, 0.1) is 0 Å². The van der Waals surface area contributed by atoms with Crippen LogP contribution in [0.1, 0.15) is 12.8 Å². The van der Waals surface area contributed by atoms with Gasteiger partial charge in [0.1, 0.15) is 0 Å². The molecule has 2 heterocycles. The molecule has 6 nitrogen and oxygen atoms in total. The summed E-state index contributed by atoms with van der Waals surface area (Å²) in [4.78, 5) is 11.0. The smallest absolute Gasteiger partial charge is 0.220 e. The van der Waals surface area contributed by atoms with Crippen molar-refractivity contribution in [2.45, 2.75) is 31.5 Å². The quantitative estimate of drug-likeness (QED) is 0.601. The Balaban J connectivity index is 1.60. The lowest BCUT2D eigenvalue weighted by molar-refractivity contribution is -0.119. The van der Waals surface area contributed by atoms with Crippen molar-refractivity contribution in [2.75, 3.05) is 13.1 Å². The van der Waals surface area contributed by atoms with Gasteiger partial charge >= 0.3 is 0 Å². The third-order valence-electron chi connectivity index (χ3n) is 2.81. The maximum absolute atomic E-state index is 11.0. The Bertz CT molecular complexity index is 352. The molecule has 2 unspecified atom stereocenters. The summed E-state index contributed by atoms with van der Waals surface area (Å²) in [6.45, 7) is 1.70. The fourth-order valence-electron chi connectivity index (χ4n) is 1.94. The van der Waals surface area contributed by atoms with Gasteiger partial charge in [-0.15, -0.1) is 0 Å². The van der Waals surface area contributed by atoms with Gasteiger partial charge in [-0.05, 0) is 12.5 Å². The molecule has 0 radical (unpaired) electrons. The molecule has 1 amide bonds. The van der Waals surface area contributed by atoms with Gasteiger partial charge in [0.25, 0.3) is 0 Å². The van der Waals surface area contributed by atoms with Crippen molar-refractivity contribution in [1.82, 2.24) is 20.4 Å². The molecule has 2 atom stereocenters. The number of aromatic nitrogens is 2. The van der Waals surface area contributed by atoms with Gasteiger partial charge in [0.15, 0.2) is 0 Å². The largest absolute Gasteiger partial charge is 0.390 e. The van der Waals surface area contributed by atoms with E-state index in [1.54, 1.807) is 10.9 Å². The zero-order valence-electron chi connectivity index (χ0n) is 9.67. The van der Waals surface area contributed by atoms with Crippen molar-refractivity contribution in [3.05, 3.63) is 18.5 Å². The Morgan fingerprint density at radius 1 is 1.71 bits per heavy atom. The maximum atomic E-state index is 11.0. The second-order valence-electron chi connectivity index (χ2n) is 4.34. The minimum atomic E-state index is -0.466. The number of aliphatic hydroxyl groups excluding tert-OH is 1. The van der Waals surface area contributed by atoms with Crippen LogP contribution in [0.2, 0.25) is 0 Å². The first-order valence-electron chi connectivity index (χ1n) is 5.89. The monoisotopic (exact) mass is 238 g/mol. The molecule has 0 aromatic carbocycles. The average Bonchev–Trinajstić information content (AvgIpc) is 2.90. The summed E-state index contributed by atoms with van der Waals surface area (Å²) in [5.41, 5.74) is 0. The Hall–Kier alpha value is -1.40. The van der Waals surface area contributed by atoms with Crippen LogP contribution in [-0.2, 0) is 11.3 Å². The molecule has 1 aliphatic heterocycles. The van der Waals surface area contributed by atoms with Crippen LogP contribution in [0.4, 0.5) is 0 Å². The lowest BCUT2D eigenvalue weighted by Crippen LogP contribution is -2.39. The van der Waals surface area contributed by atoms with E-state index >= 15 is 0 Å². The highest BCUT2D eigenvalue weighted by Crippen LogP contribution is 2.04. The Labute approximate surface area is 100 Å². The zero-order chi connectivity index (χ0) is 12.1. The molecule has 1 aromatic rings. The van der Waals surface area contributed by atoms with Crippen LogP contribution in [0.5, 0.6) is 0 Å². The van der Waals surface area contributed by atoms with E-state index in [2.05, 4.69) is 15.7 Å². The Kier molecular flexibility index (Phi) is 4.11. The predicted molar refractivity (Wildman–Crippen MR) is 62.3 cm³/mol. The normalized spacial score (nSPS) is 21.5. The van der Waals surface area contributed by atoms with Crippen LogP contribution in [0.25, 0.3) is 0 Å². The van der Waals surface area contributed by atoms with E-state index in [0.29, 0.717) is 26.1 Å². The number of nitrogens with one attached hydrogen (secondary N) is 2. The number of amides is 1. The van der Waals surface area contributed by atoms with Gasteiger partial charge in [0.2, 0.25) is 5.91 Å². The molecule has 0 bridgehead atoms. The topological polar surface area (TPSA) is 79.2 Å². The van der Waals surface area contributed by atoms with Gasteiger partial charge in [-0.25, -0.2) is 0 Å². The molecule has 2 rings (SSSR count). The SMILES string of the molecule is O=C1CCC(CNCC(O)Cn2cccn2)N1. The summed E-state index contributed by atoms with van der Waals surface area (Å²) in [6, 6.07) is 2.04. The van der Waals surface area contributed by atoms with E-state index in [0.717, 1.165) is 6.42 Å². The van der Waals surface area contributed by atoms with E-state index in [9.17, 15) is 9.90 Å². The maximum Gasteiger partial charge on any atom is 0.220 e. The molecule has 1 aromatic heterocycles. The van der Waals surface area contributed by atoms with Gasteiger partial charge in [0, 0.05) is 37.9 Å². The highest BCUT2D eigenvalue weighted by atomic mass is 16.3. The van der Waals surface area contributed by atoms with E-state index in [1.165, 1.54) is 0 Å². The Morgan fingerprint density at radius 3 is 3.24 bits per heavy atom. The van der Waals surface area contributed by atoms with E-state index in [-0.39, 0.29) is 11.9 Å². The third kappa shape index (κ3) is 3.83. The number of nitrogens with zero attached hydrogens (tertiary/aromatic N) is 2. The molecule has 1 saturated heterocycles. The minimum absolute atomic E-state index is 0.119. The molecular weight excluding hydrogens is 220 g/mol. The highest BCUT2D eigenvalue weighted by molar-refractivity contribution is 5.78.